The number of aryl methyl sites for hydroxylation is 1. The van der Waals surface area contributed by atoms with Gasteiger partial charge in [0, 0.05) is 13.1 Å². The molecule has 1 aliphatic rings. The van der Waals surface area contributed by atoms with Crippen LogP contribution in [0.1, 0.15) is 12.5 Å². The van der Waals surface area contributed by atoms with E-state index in [1.165, 1.54) is 17.5 Å². The van der Waals surface area contributed by atoms with Gasteiger partial charge in [0.2, 0.25) is 10.0 Å². The van der Waals surface area contributed by atoms with Crippen LogP contribution in [0.3, 0.4) is 0 Å². The average Bonchev–Trinajstić information content (AvgIpc) is 2.81. The highest BCUT2D eigenvalue weighted by Crippen LogP contribution is 2.30. The summed E-state index contributed by atoms with van der Waals surface area (Å²) >= 11 is 0. The number of benzene rings is 1. The fraction of sp³-hybridized carbons (Fsp3) is 0.500. The second-order valence-corrected chi connectivity index (χ2v) is 7.31. The normalized spacial score (nSPS) is 23.2. The molecule has 2 atom stereocenters. The van der Waals surface area contributed by atoms with Crippen molar-refractivity contribution >= 4 is 16.0 Å². The zero-order valence-corrected chi connectivity index (χ0v) is 13.1. The van der Waals surface area contributed by atoms with Gasteiger partial charge in [0.05, 0.1) is 17.9 Å². The van der Waals surface area contributed by atoms with Crippen molar-refractivity contribution in [3.05, 3.63) is 23.8 Å². The van der Waals surface area contributed by atoms with Gasteiger partial charge in [0.25, 0.3) is 0 Å². The van der Waals surface area contributed by atoms with Gasteiger partial charge < -0.3 is 9.84 Å². The molecule has 1 fully saturated rings. The van der Waals surface area contributed by atoms with Crippen LogP contribution >= 0.6 is 0 Å². The van der Waals surface area contributed by atoms with Gasteiger partial charge in [-0.15, -0.1) is 0 Å². The van der Waals surface area contributed by atoms with Crippen molar-refractivity contribution in [2.75, 3.05) is 20.2 Å². The predicted molar refractivity (Wildman–Crippen MR) is 76.8 cm³/mol. The standard InChI is InChI=1S/C14H19NO5S/c1-9-6-11(4-5-13(9)20-3)21(18,19)15-7-10(2)12(8-15)14(16)17/h4-6,10,12H,7-8H2,1-3H3,(H,16,17). The molecule has 2 rings (SSSR count). The topological polar surface area (TPSA) is 83.9 Å². The fourth-order valence-electron chi connectivity index (χ4n) is 2.60. The molecule has 0 saturated carbocycles. The number of hydrogen-bond acceptors (Lipinski definition) is 4. The highest BCUT2D eigenvalue weighted by molar-refractivity contribution is 7.89. The van der Waals surface area contributed by atoms with Crippen molar-refractivity contribution in [3.8, 4) is 5.75 Å². The molecule has 1 heterocycles. The van der Waals surface area contributed by atoms with E-state index < -0.39 is 21.9 Å². The van der Waals surface area contributed by atoms with E-state index in [2.05, 4.69) is 0 Å². The maximum atomic E-state index is 12.6. The van der Waals surface area contributed by atoms with Crippen molar-refractivity contribution in [1.29, 1.82) is 0 Å². The van der Waals surface area contributed by atoms with E-state index in [4.69, 9.17) is 9.84 Å². The number of hydrogen-bond donors (Lipinski definition) is 1. The summed E-state index contributed by atoms with van der Waals surface area (Å²) in [7, 11) is -2.15. The molecule has 0 aromatic heterocycles. The summed E-state index contributed by atoms with van der Waals surface area (Å²) < 4.78 is 31.5. The van der Waals surface area contributed by atoms with E-state index >= 15 is 0 Å². The number of rotatable bonds is 4. The molecule has 2 unspecified atom stereocenters. The first kappa shape index (κ1) is 15.8. The molecular formula is C14H19NO5S. The van der Waals surface area contributed by atoms with Gasteiger partial charge in [0.1, 0.15) is 5.75 Å². The van der Waals surface area contributed by atoms with Crippen LogP contribution in [-0.4, -0.2) is 44.0 Å². The summed E-state index contributed by atoms with van der Waals surface area (Å²) in [5.74, 6) is -1.19. The number of carbonyl (C=O) groups is 1. The highest BCUT2D eigenvalue weighted by Gasteiger charge is 2.40. The lowest BCUT2D eigenvalue weighted by molar-refractivity contribution is -0.142. The molecular weight excluding hydrogens is 294 g/mol. The molecule has 6 nitrogen and oxygen atoms in total. The van der Waals surface area contributed by atoms with Crippen molar-refractivity contribution in [3.63, 3.8) is 0 Å². The maximum absolute atomic E-state index is 12.6. The van der Waals surface area contributed by atoms with Crippen LogP contribution in [-0.2, 0) is 14.8 Å². The Hall–Kier alpha value is -1.60. The van der Waals surface area contributed by atoms with Crippen LogP contribution < -0.4 is 4.74 Å². The smallest absolute Gasteiger partial charge is 0.308 e. The van der Waals surface area contributed by atoms with Crippen LogP contribution in [0.5, 0.6) is 5.75 Å². The molecule has 1 aromatic carbocycles. The van der Waals surface area contributed by atoms with Crippen molar-refractivity contribution in [2.24, 2.45) is 11.8 Å². The van der Waals surface area contributed by atoms with Gasteiger partial charge in [-0.05, 0) is 36.6 Å². The minimum atomic E-state index is -3.67. The lowest BCUT2D eigenvalue weighted by Crippen LogP contribution is -2.30. The summed E-state index contributed by atoms with van der Waals surface area (Å²) in [6.07, 6.45) is 0. The van der Waals surface area contributed by atoms with E-state index in [9.17, 15) is 13.2 Å². The minimum Gasteiger partial charge on any atom is -0.496 e. The molecule has 0 radical (unpaired) electrons. The summed E-state index contributed by atoms with van der Waals surface area (Å²) in [5, 5.41) is 9.11. The first-order chi connectivity index (χ1) is 9.77. The minimum absolute atomic E-state index is 0.0178. The lowest BCUT2D eigenvalue weighted by atomic mass is 9.99. The largest absolute Gasteiger partial charge is 0.496 e. The Morgan fingerprint density at radius 1 is 1.38 bits per heavy atom. The quantitative estimate of drug-likeness (QED) is 0.907. The van der Waals surface area contributed by atoms with Crippen LogP contribution in [0.15, 0.2) is 23.1 Å². The number of carboxylic acid groups (broad SMARTS) is 1. The van der Waals surface area contributed by atoms with Gasteiger partial charge >= 0.3 is 5.97 Å². The molecule has 1 aliphatic heterocycles. The Labute approximate surface area is 124 Å². The molecule has 0 spiro atoms. The molecule has 1 N–H and O–H groups in total. The van der Waals surface area contributed by atoms with Crippen molar-refractivity contribution in [2.45, 2.75) is 18.7 Å². The monoisotopic (exact) mass is 313 g/mol. The SMILES string of the molecule is COc1ccc(S(=O)(=O)N2CC(C)C(C(=O)O)C2)cc1C. The summed E-state index contributed by atoms with van der Waals surface area (Å²) in [5.41, 5.74) is 0.723. The predicted octanol–water partition coefficient (Wildman–Crippen LogP) is 1.34. The average molecular weight is 313 g/mol. The van der Waals surface area contributed by atoms with E-state index in [-0.39, 0.29) is 23.9 Å². The lowest BCUT2D eigenvalue weighted by Gasteiger charge is -2.17. The number of aliphatic carboxylic acids is 1. The number of carboxylic acids is 1. The van der Waals surface area contributed by atoms with Gasteiger partial charge in [-0.25, -0.2) is 8.42 Å². The first-order valence-electron chi connectivity index (χ1n) is 6.65. The van der Waals surface area contributed by atoms with E-state index in [0.29, 0.717) is 5.75 Å². The van der Waals surface area contributed by atoms with Gasteiger partial charge in [-0.3, -0.25) is 4.79 Å². The third-order valence-electron chi connectivity index (χ3n) is 3.90. The molecule has 0 bridgehead atoms. The summed E-state index contributed by atoms with van der Waals surface area (Å²) in [4.78, 5) is 11.3. The zero-order chi connectivity index (χ0) is 15.8. The second kappa shape index (κ2) is 5.65. The Morgan fingerprint density at radius 3 is 2.52 bits per heavy atom. The Bertz CT molecular complexity index is 655. The van der Waals surface area contributed by atoms with E-state index in [1.807, 2.05) is 0 Å². The fourth-order valence-corrected chi connectivity index (χ4v) is 4.25. The highest BCUT2D eigenvalue weighted by atomic mass is 32.2. The second-order valence-electron chi connectivity index (χ2n) is 5.38. The Balaban J connectivity index is 2.31. The van der Waals surface area contributed by atoms with E-state index in [1.54, 1.807) is 26.0 Å². The van der Waals surface area contributed by atoms with Crippen LogP contribution in [0, 0.1) is 18.8 Å². The van der Waals surface area contributed by atoms with Gasteiger partial charge in [0.15, 0.2) is 0 Å². The first-order valence-corrected chi connectivity index (χ1v) is 8.09. The molecule has 0 aliphatic carbocycles. The number of ether oxygens (including phenoxy) is 1. The van der Waals surface area contributed by atoms with Gasteiger partial charge in [-0.1, -0.05) is 6.92 Å². The molecule has 116 valence electrons. The number of methoxy groups -OCH3 is 1. The molecule has 21 heavy (non-hydrogen) atoms. The number of sulfonamides is 1. The van der Waals surface area contributed by atoms with Crippen LogP contribution in [0.4, 0.5) is 0 Å². The van der Waals surface area contributed by atoms with Crippen LogP contribution in [0.2, 0.25) is 0 Å². The van der Waals surface area contributed by atoms with Crippen LogP contribution in [0.25, 0.3) is 0 Å². The molecule has 0 amide bonds. The number of nitrogens with zero attached hydrogens (tertiary/aromatic N) is 1. The molecule has 7 heteroatoms. The Morgan fingerprint density at radius 2 is 2.05 bits per heavy atom. The summed E-state index contributed by atoms with van der Waals surface area (Å²) in [6, 6.07) is 4.64. The summed E-state index contributed by atoms with van der Waals surface area (Å²) in [6.45, 7) is 3.77. The third kappa shape index (κ3) is 2.89. The van der Waals surface area contributed by atoms with Crippen molar-refractivity contribution in [1.82, 2.24) is 4.31 Å². The Kier molecular flexibility index (Phi) is 4.25. The van der Waals surface area contributed by atoms with Crippen molar-refractivity contribution < 1.29 is 23.1 Å². The third-order valence-corrected chi connectivity index (χ3v) is 5.73. The zero-order valence-electron chi connectivity index (χ0n) is 12.2. The van der Waals surface area contributed by atoms with E-state index in [0.717, 1.165) is 5.56 Å². The maximum Gasteiger partial charge on any atom is 0.308 e. The molecule has 1 saturated heterocycles. The molecule has 1 aromatic rings. The van der Waals surface area contributed by atoms with Gasteiger partial charge in [-0.2, -0.15) is 4.31 Å².